The minimum atomic E-state index is 0.0255. The standard InChI is InChI=1S/C13H18N2O2/c1-2-17-9-13(16)15-7-3-4-10-8-11(14)5-6-12(10)15/h5-6,8H,2-4,7,9,14H2,1H3. The van der Waals surface area contributed by atoms with Crippen molar-refractivity contribution in [2.75, 3.05) is 30.4 Å². The lowest BCUT2D eigenvalue weighted by Gasteiger charge is -2.29. The summed E-state index contributed by atoms with van der Waals surface area (Å²) in [7, 11) is 0. The van der Waals surface area contributed by atoms with Gasteiger partial charge in [0, 0.05) is 24.5 Å². The number of nitrogen functional groups attached to an aromatic ring is 1. The average Bonchev–Trinajstić information content (AvgIpc) is 2.34. The third-order valence-corrected chi connectivity index (χ3v) is 2.95. The van der Waals surface area contributed by atoms with Crippen molar-refractivity contribution < 1.29 is 9.53 Å². The number of hydrogen-bond acceptors (Lipinski definition) is 3. The summed E-state index contributed by atoms with van der Waals surface area (Å²) in [6.45, 7) is 3.37. The highest BCUT2D eigenvalue weighted by Gasteiger charge is 2.22. The Labute approximate surface area is 101 Å². The lowest BCUT2D eigenvalue weighted by Crippen LogP contribution is -2.38. The molecule has 4 heteroatoms. The fourth-order valence-electron chi connectivity index (χ4n) is 2.14. The molecular weight excluding hydrogens is 216 g/mol. The molecule has 0 saturated heterocycles. The average molecular weight is 234 g/mol. The van der Waals surface area contributed by atoms with Crippen molar-refractivity contribution in [3.05, 3.63) is 23.8 Å². The Morgan fingerprint density at radius 1 is 1.53 bits per heavy atom. The zero-order chi connectivity index (χ0) is 12.3. The third-order valence-electron chi connectivity index (χ3n) is 2.95. The molecule has 92 valence electrons. The van der Waals surface area contributed by atoms with Gasteiger partial charge in [0.15, 0.2) is 0 Å². The molecule has 0 spiro atoms. The predicted octanol–water partition coefficient (Wildman–Crippen LogP) is 1.58. The Morgan fingerprint density at radius 2 is 2.35 bits per heavy atom. The maximum Gasteiger partial charge on any atom is 0.252 e. The molecule has 0 fully saturated rings. The number of ether oxygens (including phenoxy) is 1. The second-order valence-electron chi connectivity index (χ2n) is 4.17. The van der Waals surface area contributed by atoms with Gasteiger partial charge in [-0.25, -0.2) is 0 Å². The smallest absolute Gasteiger partial charge is 0.252 e. The summed E-state index contributed by atoms with van der Waals surface area (Å²) in [5.41, 5.74) is 8.64. The summed E-state index contributed by atoms with van der Waals surface area (Å²) in [5.74, 6) is 0.0255. The number of hydrogen-bond donors (Lipinski definition) is 1. The highest BCUT2D eigenvalue weighted by Crippen LogP contribution is 2.28. The molecule has 0 unspecified atom stereocenters. The Bertz CT molecular complexity index is 418. The summed E-state index contributed by atoms with van der Waals surface area (Å²) in [6.07, 6.45) is 1.97. The van der Waals surface area contributed by atoms with Crippen LogP contribution in [0.3, 0.4) is 0 Å². The monoisotopic (exact) mass is 234 g/mol. The van der Waals surface area contributed by atoms with Gasteiger partial charge in [0.1, 0.15) is 6.61 Å². The molecule has 4 nitrogen and oxygen atoms in total. The highest BCUT2D eigenvalue weighted by molar-refractivity contribution is 5.95. The number of amides is 1. The van der Waals surface area contributed by atoms with Gasteiger partial charge in [-0.3, -0.25) is 4.79 Å². The first kappa shape index (κ1) is 11.9. The van der Waals surface area contributed by atoms with Gasteiger partial charge >= 0.3 is 0 Å². The van der Waals surface area contributed by atoms with E-state index in [0.717, 1.165) is 36.3 Å². The van der Waals surface area contributed by atoms with Crippen molar-refractivity contribution >= 4 is 17.3 Å². The van der Waals surface area contributed by atoms with E-state index in [2.05, 4.69) is 0 Å². The van der Waals surface area contributed by atoms with Gasteiger partial charge in [-0.05, 0) is 43.5 Å². The van der Waals surface area contributed by atoms with Gasteiger partial charge in [-0.15, -0.1) is 0 Å². The molecule has 1 aliphatic heterocycles. The quantitative estimate of drug-likeness (QED) is 0.808. The second kappa shape index (κ2) is 5.19. The number of benzene rings is 1. The van der Waals surface area contributed by atoms with Gasteiger partial charge in [-0.1, -0.05) is 0 Å². The first-order valence-electron chi connectivity index (χ1n) is 5.99. The summed E-state index contributed by atoms with van der Waals surface area (Å²) >= 11 is 0. The van der Waals surface area contributed by atoms with Crippen molar-refractivity contribution in [1.82, 2.24) is 0 Å². The normalized spacial score (nSPS) is 14.5. The van der Waals surface area contributed by atoms with Crippen LogP contribution in [0.2, 0.25) is 0 Å². The van der Waals surface area contributed by atoms with Crippen molar-refractivity contribution in [2.24, 2.45) is 0 Å². The number of nitrogens with zero attached hydrogens (tertiary/aromatic N) is 1. The Balaban J connectivity index is 2.19. The van der Waals surface area contributed by atoms with Gasteiger partial charge in [0.2, 0.25) is 0 Å². The van der Waals surface area contributed by atoms with Crippen molar-refractivity contribution in [2.45, 2.75) is 19.8 Å². The number of anilines is 2. The summed E-state index contributed by atoms with van der Waals surface area (Å²) in [4.78, 5) is 13.8. The lowest BCUT2D eigenvalue weighted by atomic mass is 10.0. The molecule has 1 aromatic rings. The number of nitrogens with two attached hydrogens (primary N) is 1. The first-order chi connectivity index (χ1) is 8.22. The van der Waals surface area contributed by atoms with Crippen molar-refractivity contribution in [3.8, 4) is 0 Å². The second-order valence-corrected chi connectivity index (χ2v) is 4.17. The van der Waals surface area contributed by atoms with E-state index in [4.69, 9.17) is 10.5 Å². The molecule has 0 bridgehead atoms. The molecule has 1 heterocycles. The molecule has 2 rings (SSSR count). The van der Waals surface area contributed by atoms with Crippen LogP contribution < -0.4 is 10.6 Å². The first-order valence-corrected chi connectivity index (χ1v) is 5.99. The SMILES string of the molecule is CCOCC(=O)N1CCCc2cc(N)ccc21. The van der Waals surface area contributed by atoms with E-state index in [1.807, 2.05) is 25.1 Å². The van der Waals surface area contributed by atoms with E-state index in [1.165, 1.54) is 0 Å². The fourth-order valence-corrected chi connectivity index (χ4v) is 2.14. The van der Waals surface area contributed by atoms with Crippen LogP contribution in [0, 0.1) is 0 Å². The summed E-state index contributed by atoms with van der Waals surface area (Å²) in [6, 6.07) is 5.72. The van der Waals surface area contributed by atoms with Crippen LogP contribution in [-0.4, -0.2) is 25.7 Å². The molecule has 0 atom stereocenters. The third kappa shape index (κ3) is 2.58. The number of carbonyl (C=O) groups excluding carboxylic acids is 1. The molecule has 1 amide bonds. The maximum atomic E-state index is 12.0. The van der Waals surface area contributed by atoms with Gasteiger partial charge in [-0.2, -0.15) is 0 Å². The van der Waals surface area contributed by atoms with E-state index in [9.17, 15) is 4.79 Å². The number of aryl methyl sites for hydroxylation is 1. The van der Waals surface area contributed by atoms with Gasteiger partial charge in [0.05, 0.1) is 0 Å². The molecule has 17 heavy (non-hydrogen) atoms. The fraction of sp³-hybridized carbons (Fsp3) is 0.462. The van der Waals surface area contributed by atoms with Crippen LogP contribution in [0.5, 0.6) is 0 Å². The molecule has 2 N–H and O–H groups in total. The summed E-state index contributed by atoms with van der Waals surface area (Å²) < 4.78 is 5.17. The van der Waals surface area contributed by atoms with Crippen LogP contribution in [0.1, 0.15) is 18.9 Å². The topological polar surface area (TPSA) is 55.6 Å². The molecular formula is C13H18N2O2. The maximum absolute atomic E-state index is 12.0. The Hall–Kier alpha value is -1.55. The van der Waals surface area contributed by atoms with Crippen LogP contribution in [0.15, 0.2) is 18.2 Å². The van der Waals surface area contributed by atoms with Gasteiger partial charge < -0.3 is 15.4 Å². The van der Waals surface area contributed by atoms with E-state index in [0.29, 0.717) is 6.61 Å². The highest BCUT2D eigenvalue weighted by atomic mass is 16.5. The minimum Gasteiger partial charge on any atom is -0.399 e. The van der Waals surface area contributed by atoms with Crippen molar-refractivity contribution in [1.29, 1.82) is 0 Å². The number of fused-ring (bicyclic) bond motifs is 1. The minimum absolute atomic E-state index is 0.0255. The van der Waals surface area contributed by atoms with E-state index < -0.39 is 0 Å². The largest absolute Gasteiger partial charge is 0.399 e. The van der Waals surface area contributed by atoms with Gasteiger partial charge in [0.25, 0.3) is 5.91 Å². The van der Waals surface area contributed by atoms with Crippen LogP contribution in [0.25, 0.3) is 0 Å². The molecule has 0 aliphatic carbocycles. The van der Waals surface area contributed by atoms with Crippen LogP contribution >= 0.6 is 0 Å². The van der Waals surface area contributed by atoms with Crippen LogP contribution in [0.4, 0.5) is 11.4 Å². The van der Waals surface area contributed by atoms with Crippen LogP contribution in [-0.2, 0) is 16.0 Å². The lowest BCUT2D eigenvalue weighted by molar-refractivity contribution is -0.123. The zero-order valence-corrected chi connectivity index (χ0v) is 10.1. The van der Waals surface area contributed by atoms with Crippen molar-refractivity contribution in [3.63, 3.8) is 0 Å². The zero-order valence-electron chi connectivity index (χ0n) is 10.1. The predicted molar refractivity (Wildman–Crippen MR) is 68.0 cm³/mol. The number of rotatable bonds is 3. The number of carbonyl (C=O) groups is 1. The summed E-state index contributed by atoms with van der Waals surface area (Å²) in [5, 5.41) is 0. The molecule has 0 radical (unpaired) electrons. The molecule has 0 saturated carbocycles. The Morgan fingerprint density at radius 3 is 3.12 bits per heavy atom. The van der Waals surface area contributed by atoms with E-state index in [1.54, 1.807) is 4.90 Å². The molecule has 0 aromatic heterocycles. The van der Waals surface area contributed by atoms with E-state index in [-0.39, 0.29) is 12.5 Å². The Kier molecular flexibility index (Phi) is 3.64. The molecule has 1 aliphatic rings. The molecule has 1 aromatic carbocycles. The van der Waals surface area contributed by atoms with E-state index >= 15 is 0 Å².